The van der Waals surface area contributed by atoms with Crippen LogP contribution >= 0.6 is 23.2 Å². The van der Waals surface area contributed by atoms with Gasteiger partial charge < -0.3 is 9.67 Å². The molecule has 0 radical (unpaired) electrons. The van der Waals surface area contributed by atoms with Gasteiger partial charge in [-0.3, -0.25) is 4.79 Å². The Morgan fingerprint density at radius 3 is 2.40 bits per heavy atom. The monoisotopic (exact) mass is 444 g/mol. The van der Waals surface area contributed by atoms with Gasteiger partial charge in [-0.05, 0) is 37.0 Å². The Morgan fingerprint density at radius 1 is 1.10 bits per heavy atom. The number of aryl methyl sites for hydroxylation is 1. The van der Waals surface area contributed by atoms with E-state index in [4.69, 9.17) is 23.2 Å². The van der Waals surface area contributed by atoms with Crippen LogP contribution in [-0.2, 0) is 29.6 Å². The molecule has 0 bridgehead atoms. The second kappa shape index (κ2) is 9.67. The molecule has 3 rings (SSSR count). The van der Waals surface area contributed by atoms with E-state index < -0.39 is 11.4 Å². The summed E-state index contributed by atoms with van der Waals surface area (Å²) in [4.78, 5) is 17.1. The second-order valence-corrected chi connectivity index (χ2v) is 8.51. The van der Waals surface area contributed by atoms with Crippen molar-refractivity contribution in [1.29, 1.82) is 0 Å². The van der Waals surface area contributed by atoms with Crippen molar-refractivity contribution in [2.45, 2.75) is 51.5 Å². The molecule has 158 valence electrons. The summed E-state index contributed by atoms with van der Waals surface area (Å²) in [5.41, 5.74) is 1.11. The molecule has 0 aliphatic heterocycles. The van der Waals surface area contributed by atoms with Crippen molar-refractivity contribution in [3.8, 4) is 0 Å². The van der Waals surface area contributed by atoms with Crippen molar-refractivity contribution in [3.63, 3.8) is 0 Å². The minimum absolute atomic E-state index is 0.244. The topological polar surface area (TPSA) is 55.1 Å². The van der Waals surface area contributed by atoms with Crippen molar-refractivity contribution < 1.29 is 9.90 Å². The number of aliphatic carboxylic acids is 1. The predicted octanol–water partition coefficient (Wildman–Crippen LogP) is 6.17. The number of carboxylic acids is 1. The normalized spacial score (nSPS) is 13.2. The summed E-state index contributed by atoms with van der Waals surface area (Å²) < 4.78 is 1.95. The second-order valence-electron chi connectivity index (χ2n) is 7.75. The van der Waals surface area contributed by atoms with Crippen LogP contribution in [0.4, 0.5) is 0 Å². The van der Waals surface area contributed by atoms with Crippen molar-refractivity contribution in [3.05, 3.63) is 87.4 Å². The number of hydrogen-bond acceptors (Lipinski definition) is 2. The van der Waals surface area contributed by atoms with Crippen LogP contribution in [0, 0.1) is 0 Å². The van der Waals surface area contributed by atoms with Crippen molar-refractivity contribution in [2.24, 2.45) is 0 Å². The Bertz CT molecular complexity index is 1020. The first-order valence-corrected chi connectivity index (χ1v) is 10.9. The number of carboxylic acid groups (broad SMARTS) is 1. The molecule has 1 N–H and O–H groups in total. The molecule has 0 aliphatic carbocycles. The minimum Gasteiger partial charge on any atom is -0.481 e. The van der Waals surface area contributed by atoms with Gasteiger partial charge in [0.1, 0.15) is 11.2 Å². The molecule has 3 aromatic rings. The van der Waals surface area contributed by atoms with Gasteiger partial charge in [0.15, 0.2) is 5.15 Å². The van der Waals surface area contributed by atoms with E-state index in [-0.39, 0.29) is 5.15 Å². The quantitative estimate of drug-likeness (QED) is 0.429. The zero-order valence-corrected chi connectivity index (χ0v) is 18.7. The van der Waals surface area contributed by atoms with Crippen LogP contribution in [0.5, 0.6) is 0 Å². The molecule has 30 heavy (non-hydrogen) atoms. The average molecular weight is 445 g/mol. The summed E-state index contributed by atoms with van der Waals surface area (Å²) in [6.07, 6.45) is 2.98. The van der Waals surface area contributed by atoms with Crippen LogP contribution < -0.4 is 0 Å². The van der Waals surface area contributed by atoms with Crippen LogP contribution in [0.25, 0.3) is 0 Å². The smallest absolute Gasteiger partial charge is 0.315 e. The summed E-state index contributed by atoms with van der Waals surface area (Å²) in [5, 5.41) is 11.2. The molecule has 0 amide bonds. The molecule has 1 unspecified atom stereocenters. The largest absolute Gasteiger partial charge is 0.481 e. The molecule has 1 aromatic heterocycles. The van der Waals surface area contributed by atoms with Gasteiger partial charge in [0.2, 0.25) is 0 Å². The number of rotatable bonds is 9. The molecule has 1 atom stereocenters. The molecule has 0 saturated heterocycles. The molecule has 6 heteroatoms. The molecule has 2 aromatic carbocycles. The number of benzene rings is 2. The number of nitrogens with zero attached hydrogens (tertiary/aromatic N) is 2. The zero-order valence-electron chi connectivity index (χ0n) is 17.2. The number of hydrogen-bond donors (Lipinski definition) is 1. The lowest BCUT2D eigenvalue weighted by Gasteiger charge is -2.27. The van der Waals surface area contributed by atoms with E-state index in [9.17, 15) is 9.90 Å². The molecule has 0 fully saturated rings. The lowest BCUT2D eigenvalue weighted by molar-refractivity contribution is -0.143. The number of imidazole rings is 1. The molecule has 4 nitrogen and oxygen atoms in total. The third kappa shape index (κ3) is 4.71. The average Bonchev–Trinajstić information content (AvgIpc) is 3.04. The fourth-order valence-corrected chi connectivity index (χ4v) is 4.35. The van der Waals surface area contributed by atoms with Gasteiger partial charge in [-0.1, -0.05) is 85.1 Å². The van der Waals surface area contributed by atoms with Crippen LogP contribution in [0.1, 0.15) is 49.3 Å². The van der Waals surface area contributed by atoms with Gasteiger partial charge >= 0.3 is 5.97 Å². The lowest BCUT2D eigenvalue weighted by Crippen LogP contribution is -2.37. The summed E-state index contributed by atoms with van der Waals surface area (Å²) in [6, 6.07) is 17.2. The van der Waals surface area contributed by atoms with Crippen LogP contribution in [0.15, 0.2) is 54.6 Å². The zero-order chi connectivity index (χ0) is 21.7. The van der Waals surface area contributed by atoms with E-state index in [0.29, 0.717) is 23.7 Å². The van der Waals surface area contributed by atoms with Gasteiger partial charge in [0, 0.05) is 11.4 Å². The van der Waals surface area contributed by atoms with E-state index in [1.54, 1.807) is 6.92 Å². The van der Waals surface area contributed by atoms with Crippen LogP contribution in [0.2, 0.25) is 10.2 Å². The summed E-state index contributed by atoms with van der Waals surface area (Å²) in [7, 11) is 0. The molecule has 0 saturated carbocycles. The predicted molar refractivity (Wildman–Crippen MR) is 122 cm³/mol. The highest BCUT2D eigenvalue weighted by Crippen LogP contribution is 2.36. The number of aromatic nitrogens is 2. The minimum atomic E-state index is -1.24. The highest BCUT2D eigenvalue weighted by Gasteiger charge is 2.41. The van der Waals surface area contributed by atoms with Crippen LogP contribution in [-0.4, -0.2) is 20.6 Å². The van der Waals surface area contributed by atoms with Crippen molar-refractivity contribution in [1.82, 2.24) is 9.55 Å². The maximum Gasteiger partial charge on any atom is 0.315 e. The molecular weight excluding hydrogens is 419 g/mol. The molecular formula is C24H26Cl2N2O2. The van der Waals surface area contributed by atoms with Gasteiger partial charge in [-0.15, -0.1) is 0 Å². The third-order valence-electron chi connectivity index (χ3n) is 5.44. The van der Waals surface area contributed by atoms with Crippen LogP contribution in [0.3, 0.4) is 0 Å². The fourth-order valence-electron chi connectivity index (χ4n) is 3.75. The number of halogens is 2. The maximum atomic E-state index is 12.5. The van der Waals surface area contributed by atoms with Gasteiger partial charge in [0.05, 0.1) is 12.2 Å². The lowest BCUT2D eigenvalue weighted by atomic mass is 9.80. The Hall–Kier alpha value is -2.30. The van der Waals surface area contributed by atoms with E-state index in [1.807, 2.05) is 59.2 Å². The van der Waals surface area contributed by atoms with Gasteiger partial charge in [-0.2, -0.15) is 0 Å². The first-order valence-electron chi connectivity index (χ1n) is 10.1. The highest BCUT2D eigenvalue weighted by atomic mass is 35.5. The Balaban J connectivity index is 2.14. The Morgan fingerprint density at radius 2 is 1.77 bits per heavy atom. The first kappa shape index (κ1) is 22.4. The van der Waals surface area contributed by atoms with Gasteiger partial charge in [-0.25, -0.2) is 4.98 Å². The first-order chi connectivity index (χ1) is 14.4. The Labute approximate surface area is 187 Å². The van der Waals surface area contributed by atoms with Gasteiger partial charge in [0.25, 0.3) is 0 Å². The standard InChI is InChI=1S/C24H26Cl2N2O2/c1-3-4-14-20-27-22(26)21(28(20)16-18-12-8-9-13-19(18)25)24(2,23(29)30)15-17-10-6-5-7-11-17/h5-13H,3-4,14-16H2,1-2H3,(H,29,30). The van der Waals surface area contributed by atoms with E-state index >= 15 is 0 Å². The molecule has 1 heterocycles. The van der Waals surface area contributed by atoms with E-state index in [2.05, 4.69) is 11.9 Å². The van der Waals surface area contributed by atoms with Crippen molar-refractivity contribution >= 4 is 29.2 Å². The summed E-state index contributed by atoms with van der Waals surface area (Å²) in [6.45, 7) is 4.25. The number of unbranched alkanes of at least 4 members (excludes halogenated alkanes) is 1. The number of carbonyl (C=O) groups is 1. The van der Waals surface area contributed by atoms with E-state index in [0.717, 1.165) is 36.2 Å². The van der Waals surface area contributed by atoms with Crippen molar-refractivity contribution in [2.75, 3.05) is 0 Å². The third-order valence-corrected chi connectivity index (χ3v) is 6.07. The molecule has 0 spiro atoms. The highest BCUT2D eigenvalue weighted by molar-refractivity contribution is 6.31. The molecule has 0 aliphatic rings. The summed E-state index contributed by atoms with van der Waals surface area (Å²) >= 11 is 13.0. The summed E-state index contributed by atoms with van der Waals surface area (Å²) in [5.74, 6) is -0.145. The maximum absolute atomic E-state index is 12.5. The SMILES string of the molecule is CCCCc1nc(Cl)c(C(C)(Cc2ccccc2)C(=O)O)n1Cc1ccccc1Cl. The Kier molecular flexibility index (Phi) is 7.22. The van der Waals surface area contributed by atoms with E-state index in [1.165, 1.54) is 0 Å². The fraction of sp³-hybridized carbons (Fsp3) is 0.333.